The minimum absolute atomic E-state index is 0.0138. The fourth-order valence-corrected chi connectivity index (χ4v) is 1.69. The molecule has 2 amide bonds. The van der Waals surface area contributed by atoms with E-state index in [1.54, 1.807) is 4.90 Å². The summed E-state index contributed by atoms with van der Waals surface area (Å²) in [5, 5.41) is 2.85. The van der Waals surface area contributed by atoms with Crippen LogP contribution < -0.4 is 5.32 Å². The molecule has 1 N–H and O–H groups in total. The Morgan fingerprint density at radius 1 is 1.48 bits per heavy atom. The molecule has 0 aromatic carbocycles. The van der Waals surface area contributed by atoms with Crippen LogP contribution in [-0.2, 0) is 11.3 Å². The summed E-state index contributed by atoms with van der Waals surface area (Å²) in [5.74, 6) is -0.261. The minimum Gasteiger partial charge on any atom is -0.464 e. The molecule has 1 heterocycles. The van der Waals surface area contributed by atoms with Gasteiger partial charge in [-0.15, -0.1) is 0 Å². The van der Waals surface area contributed by atoms with Crippen molar-refractivity contribution in [3.8, 4) is 0 Å². The zero-order chi connectivity index (χ0) is 15.8. The molecular weight excluding hydrogens is 274 g/mol. The molecule has 21 heavy (non-hydrogen) atoms. The Hall–Kier alpha value is -2.05. The van der Waals surface area contributed by atoms with Crippen molar-refractivity contribution in [2.24, 2.45) is 0 Å². The molecule has 0 aliphatic heterocycles. The lowest BCUT2D eigenvalue weighted by Crippen LogP contribution is -2.43. The van der Waals surface area contributed by atoms with Crippen molar-refractivity contribution < 1.29 is 18.7 Å². The molecule has 7 nitrogen and oxygen atoms in total. The largest absolute Gasteiger partial charge is 0.464 e. The van der Waals surface area contributed by atoms with Crippen LogP contribution in [0.4, 0.5) is 4.79 Å². The fourth-order valence-electron chi connectivity index (χ4n) is 1.69. The number of unbranched alkanes of at least 4 members (excludes halogenated alkanes) is 1. The van der Waals surface area contributed by atoms with Crippen molar-refractivity contribution in [3.05, 3.63) is 17.8 Å². The summed E-state index contributed by atoms with van der Waals surface area (Å²) in [6, 6.07) is -0.184. The molecule has 0 saturated heterocycles. The van der Waals surface area contributed by atoms with Crippen LogP contribution in [0.3, 0.4) is 0 Å². The SMILES string of the molecule is CCCCNC(=O)N(Cc1nc(C(=O)OC)co1)C(C)C. The van der Waals surface area contributed by atoms with E-state index in [2.05, 4.69) is 22.0 Å². The van der Waals surface area contributed by atoms with Gasteiger partial charge in [0.1, 0.15) is 6.26 Å². The number of aromatic nitrogens is 1. The Labute approximate surface area is 124 Å². The average molecular weight is 297 g/mol. The fraction of sp³-hybridized carbons (Fsp3) is 0.643. The van der Waals surface area contributed by atoms with Gasteiger partial charge in [-0.1, -0.05) is 13.3 Å². The minimum atomic E-state index is -0.562. The van der Waals surface area contributed by atoms with Crippen LogP contribution in [0.15, 0.2) is 10.7 Å². The first kappa shape index (κ1) is 17.0. The highest BCUT2D eigenvalue weighted by Crippen LogP contribution is 2.10. The Balaban J connectivity index is 2.67. The number of amides is 2. The maximum atomic E-state index is 12.1. The molecular formula is C14H23N3O4. The first-order valence-electron chi connectivity index (χ1n) is 7.06. The molecule has 1 aromatic heterocycles. The molecule has 1 rings (SSSR count). The second-order valence-electron chi connectivity index (χ2n) is 4.93. The predicted octanol–water partition coefficient (Wildman–Crippen LogP) is 2.18. The third-order valence-corrected chi connectivity index (χ3v) is 2.94. The normalized spacial score (nSPS) is 10.5. The third kappa shape index (κ3) is 5.09. The number of carbonyl (C=O) groups is 2. The van der Waals surface area contributed by atoms with Gasteiger partial charge in [-0.3, -0.25) is 0 Å². The van der Waals surface area contributed by atoms with Gasteiger partial charge >= 0.3 is 12.0 Å². The summed E-state index contributed by atoms with van der Waals surface area (Å²) in [4.78, 5) is 29.1. The Morgan fingerprint density at radius 2 is 2.19 bits per heavy atom. The zero-order valence-electron chi connectivity index (χ0n) is 13.0. The van der Waals surface area contributed by atoms with E-state index in [0.717, 1.165) is 12.8 Å². The number of nitrogens with one attached hydrogen (secondary N) is 1. The van der Waals surface area contributed by atoms with Gasteiger partial charge < -0.3 is 19.4 Å². The molecule has 0 unspecified atom stereocenters. The van der Waals surface area contributed by atoms with Gasteiger partial charge in [-0.25, -0.2) is 14.6 Å². The number of urea groups is 1. The summed E-state index contributed by atoms with van der Waals surface area (Å²) in [5.41, 5.74) is 0.0996. The van der Waals surface area contributed by atoms with Crippen LogP contribution >= 0.6 is 0 Å². The Morgan fingerprint density at radius 3 is 2.76 bits per heavy atom. The van der Waals surface area contributed by atoms with E-state index in [1.807, 2.05) is 13.8 Å². The second-order valence-corrected chi connectivity index (χ2v) is 4.93. The van der Waals surface area contributed by atoms with Crippen LogP contribution in [0.1, 0.15) is 50.0 Å². The Kier molecular flexibility index (Phi) is 6.71. The van der Waals surface area contributed by atoms with Gasteiger partial charge in [-0.05, 0) is 20.3 Å². The lowest BCUT2D eigenvalue weighted by atomic mass is 10.3. The lowest BCUT2D eigenvalue weighted by molar-refractivity contribution is 0.0594. The van der Waals surface area contributed by atoms with Gasteiger partial charge in [0.15, 0.2) is 5.69 Å². The molecule has 0 fully saturated rings. The smallest absolute Gasteiger partial charge is 0.360 e. The van der Waals surface area contributed by atoms with Crippen LogP contribution in [0, 0.1) is 0 Å². The van der Waals surface area contributed by atoms with Crippen molar-refractivity contribution in [2.45, 2.75) is 46.2 Å². The van der Waals surface area contributed by atoms with E-state index in [0.29, 0.717) is 12.4 Å². The molecule has 0 atom stereocenters. The number of esters is 1. The molecule has 7 heteroatoms. The first-order chi connectivity index (χ1) is 9.99. The number of rotatable bonds is 7. The van der Waals surface area contributed by atoms with Gasteiger partial charge in [-0.2, -0.15) is 0 Å². The second kappa shape index (κ2) is 8.28. The topological polar surface area (TPSA) is 84.7 Å². The van der Waals surface area contributed by atoms with Crippen LogP contribution in [0.5, 0.6) is 0 Å². The molecule has 0 aliphatic rings. The predicted molar refractivity (Wildman–Crippen MR) is 76.8 cm³/mol. The zero-order valence-corrected chi connectivity index (χ0v) is 13.0. The highest BCUT2D eigenvalue weighted by molar-refractivity contribution is 5.86. The quantitative estimate of drug-likeness (QED) is 0.616. The molecule has 118 valence electrons. The summed E-state index contributed by atoms with van der Waals surface area (Å²) in [6.07, 6.45) is 3.18. The van der Waals surface area contributed by atoms with Crippen molar-refractivity contribution in [1.29, 1.82) is 0 Å². The average Bonchev–Trinajstić information content (AvgIpc) is 2.92. The number of nitrogens with zero attached hydrogens (tertiary/aromatic N) is 2. The highest BCUT2D eigenvalue weighted by Gasteiger charge is 2.20. The van der Waals surface area contributed by atoms with E-state index in [-0.39, 0.29) is 24.3 Å². The van der Waals surface area contributed by atoms with Crippen molar-refractivity contribution in [1.82, 2.24) is 15.2 Å². The monoisotopic (exact) mass is 297 g/mol. The summed E-state index contributed by atoms with van der Waals surface area (Å²) in [6.45, 7) is 6.71. The van der Waals surface area contributed by atoms with E-state index in [9.17, 15) is 9.59 Å². The summed E-state index contributed by atoms with van der Waals surface area (Å²) < 4.78 is 9.77. The molecule has 0 saturated carbocycles. The van der Waals surface area contributed by atoms with Gasteiger partial charge in [0.05, 0.1) is 13.7 Å². The van der Waals surface area contributed by atoms with E-state index in [1.165, 1.54) is 13.4 Å². The highest BCUT2D eigenvalue weighted by atomic mass is 16.5. The van der Waals surface area contributed by atoms with Crippen molar-refractivity contribution in [2.75, 3.05) is 13.7 Å². The summed E-state index contributed by atoms with van der Waals surface area (Å²) in [7, 11) is 1.28. The van der Waals surface area contributed by atoms with Gasteiger partial charge in [0.2, 0.25) is 5.89 Å². The number of hydrogen-bond acceptors (Lipinski definition) is 5. The van der Waals surface area contributed by atoms with Gasteiger partial charge in [0, 0.05) is 12.6 Å². The van der Waals surface area contributed by atoms with E-state index < -0.39 is 5.97 Å². The van der Waals surface area contributed by atoms with Crippen molar-refractivity contribution in [3.63, 3.8) is 0 Å². The molecule has 0 spiro atoms. The first-order valence-corrected chi connectivity index (χ1v) is 7.06. The molecule has 0 bridgehead atoms. The number of methoxy groups -OCH3 is 1. The van der Waals surface area contributed by atoms with Crippen LogP contribution in [-0.4, -0.2) is 41.6 Å². The van der Waals surface area contributed by atoms with Crippen LogP contribution in [0.25, 0.3) is 0 Å². The molecule has 0 aliphatic carbocycles. The standard InChI is InChI=1S/C14H23N3O4/c1-5-6-7-15-14(19)17(10(2)3)8-12-16-11(9-21-12)13(18)20-4/h9-10H,5-8H2,1-4H3,(H,15,19). The number of hydrogen-bond donors (Lipinski definition) is 1. The van der Waals surface area contributed by atoms with Crippen molar-refractivity contribution >= 4 is 12.0 Å². The van der Waals surface area contributed by atoms with E-state index >= 15 is 0 Å². The number of oxazole rings is 1. The number of carbonyl (C=O) groups excluding carboxylic acids is 2. The number of ether oxygens (including phenoxy) is 1. The van der Waals surface area contributed by atoms with Gasteiger partial charge in [0.25, 0.3) is 0 Å². The molecule has 0 radical (unpaired) electrons. The third-order valence-electron chi connectivity index (χ3n) is 2.94. The maximum Gasteiger partial charge on any atom is 0.360 e. The molecule has 1 aromatic rings. The summed E-state index contributed by atoms with van der Waals surface area (Å²) >= 11 is 0. The Bertz CT molecular complexity index is 471. The van der Waals surface area contributed by atoms with Crippen LogP contribution in [0.2, 0.25) is 0 Å². The van der Waals surface area contributed by atoms with E-state index in [4.69, 9.17) is 4.42 Å². The lowest BCUT2D eigenvalue weighted by Gasteiger charge is -2.25. The maximum absolute atomic E-state index is 12.1.